The molecule has 4 atom stereocenters. The van der Waals surface area contributed by atoms with Crippen LogP contribution in [0.15, 0.2) is 0 Å². The van der Waals surface area contributed by atoms with E-state index in [1.165, 1.54) is 6.42 Å². The molecule has 2 rings (SSSR count). The number of hydrogen-bond acceptors (Lipinski definition) is 4. The Morgan fingerprint density at radius 2 is 2.25 bits per heavy atom. The van der Waals surface area contributed by atoms with Crippen LogP contribution in [0.25, 0.3) is 0 Å². The molecule has 0 radical (unpaired) electrons. The molecule has 16 heavy (non-hydrogen) atoms. The van der Waals surface area contributed by atoms with Crippen LogP contribution in [0.1, 0.15) is 19.3 Å². The molecule has 2 aliphatic rings. The molecule has 1 heterocycles. The molecule has 3 N–H and O–H groups in total. The van der Waals surface area contributed by atoms with E-state index in [0.29, 0.717) is 24.5 Å². The minimum atomic E-state index is -0.145. The zero-order valence-electron chi connectivity index (χ0n) is 9.65. The molecular weight excluding hydrogens is 224 g/mol. The Hall–Kier alpha value is -0.260. The SMILES string of the molecule is CSC1CCC(NC(=O)C2COCC2N)C1. The van der Waals surface area contributed by atoms with Gasteiger partial charge in [-0.3, -0.25) is 4.79 Å². The lowest BCUT2D eigenvalue weighted by molar-refractivity contribution is -0.125. The van der Waals surface area contributed by atoms with Crippen LogP contribution < -0.4 is 11.1 Å². The fraction of sp³-hybridized carbons (Fsp3) is 0.909. The number of carbonyl (C=O) groups excluding carboxylic acids is 1. The van der Waals surface area contributed by atoms with E-state index in [4.69, 9.17) is 10.5 Å². The Morgan fingerprint density at radius 3 is 2.81 bits per heavy atom. The average Bonchev–Trinajstić information content (AvgIpc) is 2.86. The van der Waals surface area contributed by atoms with Gasteiger partial charge in [-0.05, 0) is 25.5 Å². The van der Waals surface area contributed by atoms with Gasteiger partial charge in [-0.1, -0.05) is 0 Å². The van der Waals surface area contributed by atoms with Gasteiger partial charge in [0.2, 0.25) is 5.91 Å². The molecule has 4 nitrogen and oxygen atoms in total. The van der Waals surface area contributed by atoms with E-state index < -0.39 is 0 Å². The number of ether oxygens (including phenoxy) is 1. The van der Waals surface area contributed by atoms with Gasteiger partial charge in [0.05, 0.1) is 19.1 Å². The van der Waals surface area contributed by atoms with Crippen LogP contribution >= 0.6 is 11.8 Å². The topological polar surface area (TPSA) is 64.3 Å². The van der Waals surface area contributed by atoms with Crippen molar-refractivity contribution in [1.82, 2.24) is 5.32 Å². The van der Waals surface area contributed by atoms with Crippen LogP contribution in [0, 0.1) is 5.92 Å². The summed E-state index contributed by atoms with van der Waals surface area (Å²) in [4.78, 5) is 11.9. The summed E-state index contributed by atoms with van der Waals surface area (Å²) in [6.07, 6.45) is 5.53. The summed E-state index contributed by atoms with van der Waals surface area (Å²) >= 11 is 1.90. The van der Waals surface area contributed by atoms with E-state index in [0.717, 1.165) is 12.8 Å². The zero-order chi connectivity index (χ0) is 11.5. The van der Waals surface area contributed by atoms with Gasteiger partial charge in [0.25, 0.3) is 0 Å². The molecule has 0 bridgehead atoms. The summed E-state index contributed by atoms with van der Waals surface area (Å²) in [5.74, 6) is -0.0647. The Bertz CT molecular complexity index is 262. The first-order chi connectivity index (χ1) is 7.70. The second-order valence-electron chi connectivity index (χ2n) is 4.68. The number of nitrogens with two attached hydrogens (primary N) is 1. The lowest BCUT2D eigenvalue weighted by Crippen LogP contribution is -2.44. The summed E-state index contributed by atoms with van der Waals surface area (Å²) in [6, 6.07) is 0.218. The van der Waals surface area contributed by atoms with E-state index in [9.17, 15) is 4.79 Å². The molecule has 92 valence electrons. The fourth-order valence-corrected chi connectivity index (χ4v) is 3.23. The van der Waals surface area contributed by atoms with Crippen LogP contribution in [-0.4, -0.2) is 42.7 Å². The summed E-state index contributed by atoms with van der Waals surface area (Å²) in [5, 5.41) is 3.81. The highest BCUT2D eigenvalue weighted by atomic mass is 32.2. The molecule has 1 aliphatic carbocycles. The third kappa shape index (κ3) is 2.70. The van der Waals surface area contributed by atoms with Gasteiger partial charge >= 0.3 is 0 Å². The van der Waals surface area contributed by atoms with E-state index >= 15 is 0 Å². The largest absolute Gasteiger partial charge is 0.379 e. The Balaban J connectivity index is 1.79. The first kappa shape index (κ1) is 12.2. The molecule has 1 saturated carbocycles. The molecule has 0 aromatic carbocycles. The number of hydrogen-bond donors (Lipinski definition) is 2. The molecule has 5 heteroatoms. The summed E-state index contributed by atoms with van der Waals surface area (Å²) in [6.45, 7) is 0.988. The van der Waals surface area contributed by atoms with Gasteiger partial charge in [-0.25, -0.2) is 0 Å². The summed E-state index contributed by atoms with van der Waals surface area (Å²) in [7, 11) is 0. The first-order valence-corrected chi connectivity index (χ1v) is 7.16. The van der Waals surface area contributed by atoms with E-state index in [2.05, 4.69) is 11.6 Å². The van der Waals surface area contributed by atoms with E-state index in [-0.39, 0.29) is 17.9 Å². The van der Waals surface area contributed by atoms with Crippen molar-refractivity contribution in [3.63, 3.8) is 0 Å². The van der Waals surface area contributed by atoms with Crippen LogP contribution in [0.3, 0.4) is 0 Å². The van der Waals surface area contributed by atoms with Gasteiger partial charge in [0.1, 0.15) is 0 Å². The maximum Gasteiger partial charge on any atom is 0.227 e. The van der Waals surface area contributed by atoms with Gasteiger partial charge in [0, 0.05) is 17.3 Å². The number of rotatable bonds is 3. The molecule has 0 aromatic rings. The molecular formula is C11H20N2O2S. The van der Waals surface area contributed by atoms with Gasteiger partial charge in [0.15, 0.2) is 0 Å². The van der Waals surface area contributed by atoms with Crippen molar-refractivity contribution in [1.29, 1.82) is 0 Å². The Kier molecular flexibility index (Phi) is 4.10. The zero-order valence-corrected chi connectivity index (χ0v) is 10.5. The molecule has 0 aromatic heterocycles. The minimum absolute atomic E-state index is 0.0803. The summed E-state index contributed by atoms with van der Waals surface area (Å²) in [5.41, 5.74) is 5.82. The second-order valence-corrected chi connectivity index (χ2v) is 5.82. The van der Waals surface area contributed by atoms with Gasteiger partial charge in [-0.15, -0.1) is 0 Å². The molecule has 1 amide bonds. The first-order valence-electron chi connectivity index (χ1n) is 5.87. The molecule has 1 aliphatic heterocycles. The van der Waals surface area contributed by atoms with Crippen molar-refractivity contribution in [2.45, 2.75) is 36.6 Å². The highest BCUT2D eigenvalue weighted by molar-refractivity contribution is 7.99. The average molecular weight is 244 g/mol. The quantitative estimate of drug-likeness (QED) is 0.752. The highest BCUT2D eigenvalue weighted by Gasteiger charge is 2.33. The van der Waals surface area contributed by atoms with Crippen molar-refractivity contribution < 1.29 is 9.53 Å². The summed E-state index contributed by atoms with van der Waals surface area (Å²) < 4.78 is 5.21. The normalized spacial score (nSPS) is 38.9. The number of amides is 1. The van der Waals surface area contributed by atoms with Crippen molar-refractivity contribution in [2.24, 2.45) is 11.7 Å². The minimum Gasteiger partial charge on any atom is -0.379 e. The molecule has 2 fully saturated rings. The van der Waals surface area contributed by atoms with Crippen molar-refractivity contribution in [3.8, 4) is 0 Å². The van der Waals surface area contributed by atoms with Crippen molar-refractivity contribution in [3.05, 3.63) is 0 Å². The Morgan fingerprint density at radius 1 is 1.44 bits per heavy atom. The molecule has 1 saturated heterocycles. The highest BCUT2D eigenvalue weighted by Crippen LogP contribution is 2.28. The lowest BCUT2D eigenvalue weighted by Gasteiger charge is -2.17. The monoisotopic (exact) mass is 244 g/mol. The van der Waals surface area contributed by atoms with Crippen molar-refractivity contribution in [2.75, 3.05) is 19.5 Å². The van der Waals surface area contributed by atoms with Crippen molar-refractivity contribution >= 4 is 17.7 Å². The molecule has 4 unspecified atom stereocenters. The third-order valence-corrected chi connectivity index (χ3v) is 4.62. The maximum atomic E-state index is 11.9. The molecule has 0 spiro atoms. The lowest BCUT2D eigenvalue weighted by atomic mass is 10.0. The Labute approximate surface area is 101 Å². The third-order valence-electron chi connectivity index (χ3n) is 3.53. The smallest absolute Gasteiger partial charge is 0.227 e. The van der Waals surface area contributed by atoms with Gasteiger partial charge in [-0.2, -0.15) is 11.8 Å². The second kappa shape index (κ2) is 5.38. The maximum absolute atomic E-state index is 11.9. The standard InChI is InChI=1S/C11H20N2O2S/c1-16-8-3-2-7(4-8)13-11(14)9-5-15-6-10(9)12/h7-10H,2-6,12H2,1H3,(H,13,14). The van der Waals surface area contributed by atoms with E-state index in [1.54, 1.807) is 0 Å². The number of nitrogens with one attached hydrogen (secondary N) is 1. The fourth-order valence-electron chi connectivity index (χ4n) is 2.43. The number of thioether (sulfide) groups is 1. The predicted octanol–water partition coefficient (Wildman–Crippen LogP) is 0.360. The van der Waals surface area contributed by atoms with Gasteiger partial charge < -0.3 is 15.8 Å². The van der Waals surface area contributed by atoms with E-state index in [1.807, 2.05) is 11.8 Å². The van der Waals surface area contributed by atoms with Crippen LogP contribution in [0.5, 0.6) is 0 Å². The van der Waals surface area contributed by atoms with Crippen LogP contribution in [0.2, 0.25) is 0 Å². The number of carbonyl (C=O) groups is 1. The van der Waals surface area contributed by atoms with Crippen LogP contribution in [0.4, 0.5) is 0 Å². The van der Waals surface area contributed by atoms with Crippen LogP contribution in [-0.2, 0) is 9.53 Å². The predicted molar refractivity (Wildman–Crippen MR) is 65.4 cm³/mol.